The molecule has 0 aliphatic heterocycles. The number of rotatable bonds is 7. The summed E-state index contributed by atoms with van der Waals surface area (Å²) >= 11 is 0. The molecule has 0 aliphatic carbocycles. The highest BCUT2D eigenvalue weighted by Gasteiger charge is 2.25. The van der Waals surface area contributed by atoms with E-state index in [1.807, 2.05) is 6.07 Å². The number of nitrogens with one attached hydrogen (secondary N) is 1. The number of hydrogen-bond donors (Lipinski definition) is 1. The van der Waals surface area contributed by atoms with Gasteiger partial charge >= 0.3 is 0 Å². The van der Waals surface area contributed by atoms with E-state index in [1.165, 1.54) is 4.31 Å². The van der Waals surface area contributed by atoms with Gasteiger partial charge < -0.3 is 5.32 Å². The Morgan fingerprint density at radius 1 is 0.903 bits per heavy atom. The summed E-state index contributed by atoms with van der Waals surface area (Å²) in [7, 11) is -4.03. The molecular formula is C22H19F3N2O3S. The van der Waals surface area contributed by atoms with Gasteiger partial charge in [-0.25, -0.2) is 21.6 Å². The fraction of sp³-hybridized carbons (Fsp3) is 0.136. The van der Waals surface area contributed by atoms with E-state index in [9.17, 15) is 26.4 Å². The third kappa shape index (κ3) is 5.12. The fourth-order valence-corrected chi connectivity index (χ4v) is 4.38. The quantitative estimate of drug-likeness (QED) is 0.576. The lowest BCUT2D eigenvalue weighted by Gasteiger charge is -2.21. The predicted molar refractivity (Wildman–Crippen MR) is 110 cm³/mol. The maximum atomic E-state index is 14.3. The molecule has 3 rings (SSSR count). The molecule has 0 bridgehead atoms. The number of benzene rings is 3. The van der Waals surface area contributed by atoms with Crippen molar-refractivity contribution in [2.45, 2.75) is 18.4 Å². The van der Waals surface area contributed by atoms with Gasteiger partial charge in [0.15, 0.2) is 11.6 Å². The van der Waals surface area contributed by atoms with Crippen LogP contribution in [0.5, 0.6) is 0 Å². The maximum Gasteiger partial charge on any atom is 0.258 e. The Kier molecular flexibility index (Phi) is 6.77. The fourth-order valence-electron chi connectivity index (χ4n) is 2.91. The molecule has 0 heterocycles. The summed E-state index contributed by atoms with van der Waals surface area (Å²) in [5.74, 6) is -4.23. The molecule has 0 unspecified atom stereocenters. The number of anilines is 1. The number of nitrogens with zero attached hydrogens (tertiary/aromatic N) is 1. The monoisotopic (exact) mass is 448 g/mol. The summed E-state index contributed by atoms with van der Waals surface area (Å²) in [6.07, 6.45) is 0. The smallest absolute Gasteiger partial charge is 0.258 e. The molecule has 5 nitrogen and oxygen atoms in total. The van der Waals surface area contributed by atoms with Gasteiger partial charge in [-0.3, -0.25) is 4.79 Å². The zero-order valence-electron chi connectivity index (χ0n) is 16.5. The molecule has 0 radical (unpaired) electrons. The molecule has 0 aliphatic rings. The van der Waals surface area contributed by atoms with Gasteiger partial charge in [-0.05, 0) is 35.9 Å². The van der Waals surface area contributed by atoms with Crippen LogP contribution >= 0.6 is 0 Å². The molecule has 1 N–H and O–H groups in total. The minimum absolute atomic E-state index is 0.101. The molecule has 0 fully saturated rings. The van der Waals surface area contributed by atoms with E-state index in [4.69, 9.17) is 0 Å². The van der Waals surface area contributed by atoms with Crippen molar-refractivity contribution in [3.8, 4) is 0 Å². The Morgan fingerprint density at radius 3 is 2.23 bits per heavy atom. The molecule has 0 saturated carbocycles. The van der Waals surface area contributed by atoms with Gasteiger partial charge in [0.25, 0.3) is 5.91 Å². The molecule has 31 heavy (non-hydrogen) atoms. The Hall–Kier alpha value is -3.17. The Bertz CT molecular complexity index is 1200. The first-order valence-electron chi connectivity index (χ1n) is 9.32. The second-order valence-corrected chi connectivity index (χ2v) is 8.58. The zero-order valence-corrected chi connectivity index (χ0v) is 17.3. The largest absolute Gasteiger partial charge is 0.322 e. The Balaban J connectivity index is 1.89. The van der Waals surface area contributed by atoms with Gasteiger partial charge in [0, 0.05) is 24.8 Å². The van der Waals surface area contributed by atoms with Gasteiger partial charge in [0.05, 0.1) is 10.5 Å². The molecule has 3 aromatic carbocycles. The Morgan fingerprint density at radius 2 is 1.58 bits per heavy atom. The lowest BCUT2D eigenvalue weighted by molar-refractivity contribution is 0.102. The van der Waals surface area contributed by atoms with Crippen molar-refractivity contribution < 1.29 is 26.4 Å². The molecule has 162 valence electrons. The highest BCUT2D eigenvalue weighted by atomic mass is 32.2. The average Bonchev–Trinajstić information content (AvgIpc) is 2.75. The molecule has 1 amide bonds. The van der Waals surface area contributed by atoms with Gasteiger partial charge in [-0.2, -0.15) is 4.31 Å². The van der Waals surface area contributed by atoms with Crippen molar-refractivity contribution in [3.05, 3.63) is 95.3 Å². The number of sulfonamides is 1. The summed E-state index contributed by atoms with van der Waals surface area (Å²) in [6, 6.07) is 14.5. The second-order valence-electron chi connectivity index (χ2n) is 6.64. The predicted octanol–water partition coefficient (Wildman–Crippen LogP) is 4.57. The highest BCUT2D eigenvalue weighted by Crippen LogP contribution is 2.22. The van der Waals surface area contributed by atoms with Crippen LogP contribution in [-0.2, 0) is 16.6 Å². The van der Waals surface area contributed by atoms with E-state index in [0.717, 1.165) is 42.0 Å². The van der Waals surface area contributed by atoms with Crippen molar-refractivity contribution in [2.75, 3.05) is 11.9 Å². The van der Waals surface area contributed by atoms with E-state index in [2.05, 4.69) is 5.32 Å². The van der Waals surface area contributed by atoms with E-state index in [0.29, 0.717) is 0 Å². The molecule has 0 atom stereocenters. The summed E-state index contributed by atoms with van der Waals surface area (Å²) in [5.41, 5.74) is 0.128. The molecule has 0 saturated heterocycles. The SMILES string of the molecule is CCN(Cc1ccccc1)S(=O)(=O)c1ccc(F)c(C(=O)Nc2ccc(F)c(F)c2)c1. The minimum Gasteiger partial charge on any atom is -0.322 e. The Labute approximate surface area is 178 Å². The van der Waals surface area contributed by atoms with E-state index < -0.39 is 38.9 Å². The first kappa shape index (κ1) is 22.5. The molecule has 0 aromatic heterocycles. The number of amides is 1. The number of carbonyl (C=O) groups excluding carboxylic acids is 1. The van der Waals surface area contributed by atoms with Gasteiger partial charge in [-0.15, -0.1) is 0 Å². The van der Waals surface area contributed by atoms with Crippen LogP contribution in [0.25, 0.3) is 0 Å². The van der Waals surface area contributed by atoms with Gasteiger partial charge in [0.1, 0.15) is 5.82 Å². The first-order valence-corrected chi connectivity index (χ1v) is 10.8. The first-order chi connectivity index (χ1) is 14.7. The van der Waals surface area contributed by atoms with E-state index in [1.54, 1.807) is 31.2 Å². The summed E-state index contributed by atoms with van der Waals surface area (Å²) in [6.45, 7) is 1.93. The second kappa shape index (κ2) is 9.32. The van der Waals surface area contributed by atoms with Crippen LogP contribution in [0.4, 0.5) is 18.9 Å². The van der Waals surface area contributed by atoms with Crippen LogP contribution < -0.4 is 5.32 Å². The van der Waals surface area contributed by atoms with Crippen LogP contribution in [0.1, 0.15) is 22.8 Å². The number of halogens is 3. The molecule has 0 spiro atoms. The third-order valence-corrected chi connectivity index (χ3v) is 6.47. The zero-order chi connectivity index (χ0) is 22.6. The van der Waals surface area contributed by atoms with Crippen LogP contribution in [-0.4, -0.2) is 25.2 Å². The minimum atomic E-state index is -4.03. The van der Waals surface area contributed by atoms with Gasteiger partial charge in [-0.1, -0.05) is 37.3 Å². The normalized spacial score (nSPS) is 11.5. The number of carbonyl (C=O) groups is 1. The summed E-state index contributed by atoms with van der Waals surface area (Å²) in [4.78, 5) is 12.2. The van der Waals surface area contributed by atoms with E-state index >= 15 is 0 Å². The van der Waals surface area contributed by atoms with Crippen molar-refractivity contribution >= 4 is 21.6 Å². The topological polar surface area (TPSA) is 66.5 Å². The van der Waals surface area contributed by atoms with Crippen LogP contribution in [0.3, 0.4) is 0 Å². The molecule has 3 aromatic rings. The van der Waals surface area contributed by atoms with Crippen molar-refractivity contribution in [3.63, 3.8) is 0 Å². The average molecular weight is 448 g/mol. The standard InChI is InChI=1S/C22H19F3N2O3S/c1-2-27(14-15-6-4-3-5-7-15)31(29,30)17-9-11-19(23)18(13-17)22(28)26-16-8-10-20(24)21(25)12-16/h3-13H,2,14H2,1H3,(H,26,28). The maximum absolute atomic E-state index is 14.3. The van der Waals surface area contributed by atoms with Crippen molar-refractivity contribution in [2.24, 2.45) is 0 Å². The lowest BCUT2D eigenvalue weighted by Crippen LogP contribution is -2.30. The van der Waals surface area contributed by atoms with Crippen LogP contribution in [0, 0.1) is 17.5 Å². The summed E-state index contributed by atoms with van der Waals surface area (Å²) in [5, 5.41) is 2.23. The van der Waals surface area contributed by atoms with Crippen LogP contribution in [0.2, 0.25) is 0 Å². The van der Waals surface area contributed by atoms with E-state index in [-0.39, 0.29) is 23.7 Å². The lowest BCUT2D eigenvalue weighted by atomic mass is 10.2. The van der Waals surface area contributed by atoms with Gasteiger partial charge in [0.2, 0.25) is 10.0 Å². The van der Waals surface area contributed by atoms with Crippen LogP contribution in [0.15, 0.2) is 71.6 Å². The highest BCUT2D eigenvalue weighted by molar-refractivity contribution is 7.89. The molecule has 9 heteroatoms. The third-order valence-electron chi connectivity index (χ3n) is 4.55. The summed E-state index contributed by atoms with van der Waals surface area (Å²) < 4.78 is 68.0. The molecular weight excluding hydrogens is 429 g/mol. The van der Waals surface area contributed by atoms with Crippen molar-refractivity contribution in [1.82, 2.24) is 4.31 Å². The number of hydrogen-bond acceptors (Lipinski definition) is 3. The van der Waals surface area contributed by atoms with Crippen molar-refractivity contribution in [1.29, 1.82) is 0 Å².